The third kappa shape index (κ3) is 3.28. The largest absolute Gasteiger partial charge is 0.375 e. The normalized spacial score (nSPS) is 24.3. The summed E-state index contributed by atoms with van der Waals surface area (Å²) < 4.78 is 10.6. The lowest BCUT2D eigenvalue weighted by Crippen LogP contribution is -2.40. The monoisotopic (exact) mass is 332 g/mol. The topological polar surface area (TPSA) is 98.0 Å². The third-order valence-electron chi connectivity index (χ3n) is 4.85. The van der Waals surface area contributed by atoms with Gasteiger partial charge < -0.3 is 15.4 Å². The molecule has 1 saturated heterocycles. The third-order valence-corrected chi connectivity index (χ3v) is 4.85. The van der Waals surface area contributed by atoms with Crippen molar-refractivity contribution in [1.82, 2.24) is 20.3 Å². The number of fused-ring (bicyclic) bond motifs is 1. The average Bonchev–Trinajstić information content (AvgIpc) is 3.18. The summed E-state index contributed by atoms with van der Waals surface area (Å²) in [7, 11) is 0. The summed E-state index contributed by atoms with van der Waals surface area (Å²) in [5.74, 6) is 1.47. The molecule has 8 heteroatoms. The molecule has 8 nitrogen and oxygen atoms in total. The first kappa shape index (κ1) is 15.6. The van der Waals surface area contributed by atoms with Gasteiger partial charge in [0.2, 0.25) is 11.3 Å². The first-order chi connectivity index (χ1) is 11.6. The lowest BCUT2D eigenvalue weighted by molar-refractivity contribution is -0.0553. The number of nitrogens with zero attached hydrogens (tertiary/aromatic N) is 4. The van der Waals surface area contributed by atoms with Crippen LogP contribution in [0.4, 0.5) is 11.6 Å². The van der Waals surface area contributed by atoms with Crippen LogP contribution in [0.1, 0.15) is 52.4 Å². The maximum Gasteiger partial charge on any atom is 0.245 e. The van der Waals surface area contributed by atoms with E-state index in [1.807, 2.05) is 0 Å². The first-order valence-corrected chi connectivity index (χ1v) is 8.76. The maximum atomic E-state index is 5.80. The Labute approximate surface area is 140 Å². The summed E-state index contributed by atoms with van der Waals surface area (Å²) in [6.45, 7) is 4.99. The van der Waals surface area contributed by atoms with Crippen LogP contribution in [0.25, 0.3) is 11.3 Å². The van der Waals surface area contributed by atoms with E-state index < -0.39 is 0 Å². The second-order valence-corrected chi connectivity index (χ2v) is 7.40. The molecular weight excluding hydrogens is 308 g/mol. The predicted octanol–water partition coefficient (Wildman–Crippen LogP) is 2.74. The van der Waals surface area contributed by atoms with E-state index in [0.29, 0.717) is 23.4 Å². The zero-order valence-electron chi connectivity index (χ0n) is 14.2. The van der Waals surface area contributed by atoms with Crippen LogP contribution in [0.2, 0.25) is 0 Å². The Kier molecular flexibility index (Phi) is 3.99. The van der Waals surface area contributed by atoms with Crippen molar-refractivity contribution in [3.63, 3.8) is 0 Å². The molecule has 130 valence electrons. The van der Waals surface area contributed by atoms with Gasteiger partial charge in [0.15, 0.2) is 11.6 Å². The SMILES string of the molecule is CC1(C)C[C@H](Nc2nc3nonc3nc2NC2CCCC2)CCO1. The van der Waals surface area contributed by atoms with E-state index in [1.54, 1.807) is 0 Å². The van der Waals surface area contributed by atoms with Crippen LogP contribution in [0, 0.1) is 0 Å². The number of hydrogen-bond donors (Lipinski definition) is 2. The molecule has 2 aromatic heterocycles. The van der Waals surface area contributed by atoms with E-state index >= 15 is 0 Å². The van der Waals surface area contributed by atoms with Gasteiger partial charge >= 0.3 is 0 Å². The van der Waals surface area contributed by atoms with Crippen molar-refractivity contribution in [1.29, 1.82) is 0 Å². The minimum atomic E-state index is -0.123. The van der Waals surface area contributed by atoms with E-state index in [4.69, 9.17) is 9.37 Å². The van der Waals surface area contributed by atoms with Gasteiger partial charge in [-0.15, -0.1) is 0 Å². The van der Waals surface area contributed by atoms with Crippen molar-refractivity contribution in [3.8, 4) is 0 Å². The lowest BCUT2D eigenvalue weighted by atomic mass is 9.94. The van der Waals surface area contributed by atoms with Gasteiger partial charge in [0.05, 0.1) is 5.60 Å². The van der Waals surface area contributed by atoms with Crippen molar-refractivity contribution >= 4 is 22.9 Å². The lowest BCUT2D eigenvalue weighted by Gasteiger charge is -2.36. The molecule has 0 amide bonds. The average molecular weight is 332 g/mol. The number of aromatic nitrogens is 4. The molecular formula is C16H24N6O2. The molecule has 1 saturated carbocycles. The van der Waals surface area contributed by atoms with Crippen LogP contribution in [0.3, 0.4) is 0 Å². The molecule has 24 heavy (non-hydrogen) atoms. The van der Waals surface area contributed by atoms with E-state index in [0.717, 1.165) is 31.1 Å². The molecule has 3 heterocycles. The zero-order valence-corrected chi connectivity index (χ0v) is 14.2. The summed E-state index contributed by atoms with van der Waals surface area (Å²) in [5.41, 5.74) is 0.747. The number of hydrogen-bond acceptors (Lipinski definition) is 8. The molecule has 0 radical (unpaired) electrons. The minimum absolute atomic E-state index is 0.123. The van der Waals surface area contributed by atoms with Crippen LogP contribution in [-0.2, 0) is 4.74 Å². The number of ether oxygens (including phenoxy) is 1. The van der Waals surface area contributed by atoms with Crippen molar-refractivity contribution in [2.45, 2.75) is 70.1 Å². The highest BCUT2D eigenvalue weighted by molar-refractivity contribution is 5.73. The number of nitrogens with one attached hydrogen (secondary N) is 2. The molecule has 0 aromatic carbocycles. The predicted molar refractivity (Wildman–Crippen MR) is 89.9 cm³/mol. The van der Waals surface area contributed by atoms with E-state index in [-0.39, 0.29) is 5.60 Å². The van der Waals surface area contributed by atoms with Crippen molar-refractivity contribution in [2.75, 3.05) is 17.2 Å². The molecule has 0 bridgehead atoms. The molecule has 2 aromatic rings. The van der Waals surface area contributed by atoms with Gasteiger partial charge in [0.25, 0.3) is 0 Å². The molecule has 0 unspecified atom stereocenters. The molecule has 0 spiro atoms. The Balaban J connectivity index is 1.59. The molecule has 1 aliphatic heterocycles. The summed E-state index contributed by atoms with van der Waals surface area (Å²) in [4.78, 5) is 9.14. The van der Waals surface area contributed by atoms with Gasteiger partial charge in [-0.2, -0.15) is 0 Å². The van der Waals surface area contributed by atoms with Gasteiger partial charge in [-0.3, -0.25) is 0 Å². The summed E-state index contributed by atoms with van der Waals surface area (Å²) in [5, 5.41) is 14.7. The maximum absolute atomic E-state index is 5.80. The van der Waals surface area contributed by atoms with Crippen LogP contribution < -0.4 is 10.6 Å². The van der Waals surface area contributed by atoms with Gasteiger partial charge in [-0.25, -0.2) is 14.6 Å². The number of rotatable bonds is 4. The highest BCUT2D eigenvalue weighted by atomic mass is 16.6. The summed E-state index contributed by atoms with van der Waals surface area (Å²) in [6, 6.07) is 0.743. The van der Waals surface area contributed by atoms with Gasteiger partial charge in [0, 0.05) is 18.7 Å². The van der Waals surface area contributed by atoms with Crippen molar-refractivity contribution in [3.05, 3.63) is 0 Å². The van der Waals surface area contributed by atoms with Crippen molar-refractivity contribution in [2.24, 2.45) is 0 Å². The molecule has 2 N–H and O–H groups in total. The number of anilines is 2. The molecule has 2 aliphatic rings. The van der Waals surface area contributed by atoms with Crippen LogP contribution in [0.5, 0.6) is 0 Å². The fourth-order valence-electron chi connectivity index (χ4n) is 3.65. The smallest absolute Gasteiger partial charge is 0.245 e. The second-order valence-electron chi connectivity index (χ2n) is 7.40. The highest BCUT2D eigenvalue weighted by Gasteiger charge is 2.30. The fraction of sp³-hybridized carbons (Fsp3) is 0.750. The summed E-state index contributed by atoms with van der Waals surface area (Å²) >= 11 is 0. The van der Waals surface area contributed by atoms with Crippen molar-refractivity contribution < 1.29 is 9.37 Å². The second kappa shape index (κ2) is 6.16. The van der Waals surface area contributed by atoms with Gasteiger partial charge in [-0.1, -0.05) is 12.8 Å². The van der Waals surface area contributed by atoms with E-state index in [2.05, 4.69) is 44.8 Å². The highest BCUT2D eigenvalue weighted by Crippen LogP contribution is 2.30. The Morgan fingerprint density at radius 1 is 0.917 bits per heavy atom. The molecule has 1 atom stereocenters. The quantitative estimate of drug-likeness (QED) is 0.882. The Morgan fingerprint density at radius 2 is 1.54 bits per heavy atom. The Hall–Kier alpha value is -1.96. The summed E-state index contributed by atoms with van der Waals surface area (Å²) in [6.07, 6.45) is 6.72. The van der Waals surface area contributed by atoms with Crippen LogP contribution in [0.15, 0.2) is 4.63 Å². The van der Waals surface area contributed by atoms with Crippen LogP contribution >= 0.6 is 0 Å². The standard InChI is InChI=1S/C16H24N6O2/c1-16(2)9-11(7-8-23-16)18-13-12(17-10-5-3-4-6-10)19-14-15(20-13)22-24-21-14/h10-11H,3-9H2,1-2H3,(H,17,19,21)(H,18,20,22)/t11-/m1/s1. The Bertz CT molecular complexity index is 710. The Morgan fingerprint density at radius 3 is 2.17 bits per heavy atom. The van der Waals surface area contributed by atoms with Crippen LogP contribution in [-0.4, -0.2) is 44.6 Å². The zero-order chi connectivity index (χ0) is 16.6. The first-order valence-electron chi connectivity index (χ1n) is 8.76. The molecule has 2 fully saturated rings. The van der Waals surface area contributed by atoms with Gasteiger partial charge in [0.1, 0.15) is 0 Å². The molecule has 4 rings (SSSR count). The van der Waals surface area contributed by atoms with E-state index in [1.165, 1.54) is 25.7 Å². The fourth-order valence-corrected chi connectivity index (χ4v) is 3.65. The molecule has 1 aliphatic carbocycles. The van der Waals surface area contributed by atoms with Gasteiger partial charge in [-0.05, 0) is 49.8 Å². The minimum Gasteiger partial charge on any atom is -0.375 e. The van der Waals surface area contributed by atoms with E-state index in [9.17, 15) is 0 Å².